The number of aromatic nitrogens is 1. The molecule has 6 aromatic carbocycles. The summed E-state index contributed by atoms with van der Waals surface area (Å²) in [6, 6.07) is 41.3. The predicted molar refractivity (Wildman–Crippen MR) is 174 cm³/mol. The molecule has 1 heterocycles. The van der Waals surface area contributed by atoms with Crippen LogP contribution in [0.4, 0.5) is 0 Å². The molecule has 0 aliphatic heterocycles. The van der Waals surface area contributed by atoms with Crippen molar-refractivity contribution >= 4 is 32.6 Å². The Kier molecular flexibility index (Phi) is 6.20. The molecule has 0 N–H and O–H groups in total. The van der Waals surface area contributed by atoms with E-state index >= 15 is 0 Å². The zero-order chi connectivity index (χ0) is 28.1. The van der Waals surface area contributed by atoms with Crippen LogP contribution < -0.4 is 0 Å². The van der Waals surface area contributed by atoms with Crippen LogP contribution in [0.25, 0.3) is 66.4 Å². The third-order valence-electron chi connectivity index (χ3n) is 8.25. The second-order valence-corrected chi connectivity index (χ2v) is 11.5. The zero-order valence-corrected chi connectivity index (χ0v) is 24.0. The van der Waals surface area contributed by atoms with E-state index in [0.717, 1.165) is 16.7 Å². The fourth-order valence-electron chi connectivity index (χ4n) is 6.31. The molecule has 0 fully saturated rings. The molecular formula is C39H33NO. The SMILES string of the molecule is CC(C)c1cc(-c2c3ccccc3c(-c3ccccc3)c3ccccc23)c(C(C)C)cc1-c1nc2ccccc2o1. The van der Waals surface area contributed by atoms with Crippen LogP contribution in [-0.4, -0.2) is 4.98 Å². The molecular weight excluding hydrogens is 498 g/mol. The second kappa shape index (κ2) is 10.1. The largest absolute Gasteiger partial charge is 0.436 e. The van der Waals surface area contributed by atoms with E-state index in [-0.39, 0.29) is 0 Å². The number of nitrogens with zero attached hydrogens (tertiary/aromatic N) is 1. The molecule has 2 nitrogen and oxygen atoms in total. The van der Waals surface area contributed by atoms with E-state index < -0.39 is 0 Å². The summed E-state index contributed by atoms with van der Waals surface area (Å²) in [6.07, 6.45) is 0. The first kappa shape index (κ1) is 25.3. The van der Waals surface area contributed by atoms with Gasteiger partial charge in [0, 0.05) is 5.56 Å². The molecule has 0 saturated carbocycles. The minimum Gasteiger partial charge on any atom is -0.436 e. The van der Waals surface area contributed by atoms with Crippen LogP contribution in [0.1, 0.15) is 50.7 Å². The Balaban J connectivity index is 1.59. The van der Waals surface area contributed by atoms with Gasteiger partial charge in [0.1, 0.15) is 5.52 Å². The third kappa shape index (κ3) is 4.22. The van der Waals surface area contributed by atoms with E-state index in [9.17, 15) is 0 Å². The summed E-state index contributed by atoms with van der Waals surface area (Å²) in [5.41, 5.74) is 10.5. The van der Waals surface area contributed by atoms with E-state index in [2.05, 4.69) is 119 Å². The van der Waals surface area contributed by atoms with E-state index in [0.29, 0.717) is 17.7 Å². The monoisotopic (exact) mass is 531 g/mol. The Hall–Kier alpha value is -4.69. The highest BCUT2D eigenvalue weighted by Gasteiger charge is 2.23. The Morgan fingerprint density at radius 3 is 1.59 bits per heavy atom. The maximum Gasteiger partial charge on any atom is 0.227 e. The van der Waals surface area contributed by atoms with Crippen molar-refractivity contribution in [1.29, 1.82) is 0 Å². The number of benzene rings is 6. The molecule has 0 radical (unpaired) electrons. The van der Waals surface area contributed by atoms with Gasteiger partial charge in [-0.3, -0.25) is 0 Å². The molecule has 7 aromatic rings. The highest BCUT2D eigenvalue weighted by Crippen LogP contribution is 2.47. The molecule has 0 amide bonds. The number of rotatable bonds is 5. The normalized spacial score (nSPS) is 11.9. The summed E-state index contributed by atoms with van der Waals surface area (Å²) in [5.74, 6) is 1.29. The van der Waals surface area contributed by atoms with Crippen molar-refractivity contribution in [2.45, 2.75) is 39.5 Å². The fourth-order valence-corrected chi connectivity index (χ4v) is 6.31. The quantitative estimate of drug-likeness (QED) is 0.206. The second-order valence-electron chi connectivity index (χ2n) is 11.5. The van der Waals surface area contributed by atoms with Gasteiger partial charge in [0.25, 0.3) is 0 Å². The van der Waals surface area contributed by atoms with Gasteiger partial charge in [0.2, 0.25) is 5.89 Å². The molecule has 41 heavy (non-hydrogen) atoms. The molecule has 0 atom stereocenters. The molecule has 0 unspecified atom stereocenters. The average Bonchev–Trinajstić information content (AvgIpc) is 3.44. The van der Waals surface area contributed by atoms with Crippen LogP contribution in [0.3, 0.4) is 0 Å². The van der Waals surface area contributed by atoms with Gasteiger partial charge >= 0.3 is 0 Å². The highest BCUT2D eigenvalue weighted by molar-refractivity contribution is 6.21. The van der Waals surface area contributed by atoms with E-state index in [1.165, 1.54) is 54.9 Å². The Morgan fingerprint density at radius 1 is 0.512 bits per heavy atom. The van der Waals surface area contributed by atoms with Crippen LogP contribution in [0.15, 0.2) is 120 Å². The van der Waals surface area contributed by atoms with Crippen molar-refractivity contribution < 1.29 is 4.42 Å². The average molecular weight is 532 g/mol. The zero-order valence-electron chi connectivity index (χ0n) is 24.0. The maximum absolute atomic E-state index is 6.32. The lowest BCUT2D eigenvalue weighted by Gasteiger charge is -2.23. The number of oxazole rings is 1. The standard InChI is InChI=1S/C39H33NO/c1-24(2)31-23-34(39-40-35-20-12-13-21-36(35)41-39)32(25(3)4)22-33(31)38-29-18-10-8-16-27(29)37(26-14-6-5-7-15-26)28-17-9-11-19-30(28)38/h5-25H,1-4H3. The van der Waals surface area contributed by atoms with Gasteiger partial charge < -0.3 is 4.42 Å². The molecule has 200 valence electrons. The van der Waals surface area contributed by atoms with Gasteiger partial charge in [-0.1, -0.05) is 119 Å². The van der Waals surface area contributed by atoms with Gasteiger partial charge in [0.15, 0.2) is 5.58 Å². The molecule has 7 rings (SSSR count). The van der Waals surface area contributed by atoms with Crippen LogP contribution in [0.5, 0.6) is 0 Å². The molecule has 0 bridgehead atoms. The molecule has 0 aliphatic carbocycles. The summed E-state index contributed by atoms with van der Waals surface area (Å²) < 4.78 is 6.32. The summed E-state index contributed by atoms with van der Waals surface area (Å²) in [7, 11) is 0. The fraction of sp³-hybridized carbons (Fsp3) is 0.154. The highest BCUT2D eigenvalue weighted by atomic mass is 16.3. The first-order valence-electron chi connectivity index (χ1n) is 14.5. The van der Waals surface area contributed by atoms with Gasteiger partial charge in [0.05, 0.1) is 0 Å². The van der Waals surface area contributed by atoms with E-state index in [1.54, 1.807) is 0 Å². The maximum atomic E-state index is 6.32. The van der Waals surface area contributed by atoms with E-state index in [4.69, 9.17) is 9.40 Å². The van der Waals surface area contributed by atoms with E-state index in [1.807, 2.05) is 24.3 Å². The van der Waals surface area contributed by atoms with Crippen LogP contribution in [0.2, 0.25) is 0 Å². The number of hydrogen-bond donors (Lipinski definition) is 0. The van der Waals surface area contributed by atoms with Crippen molar-refractivity contribution in [1.82, 2.24) is 4.98 Å². The van der Waals surface area contributed by atoms with Gasteiger partial charge in [-0.05, 0) is 91.0 Å². The Morgan fingerprint density at radius 2 is 1.00 bits per heavy atom. The van der Waals surface area contributed by atoms with Gasteiger partial charge in [-0.15, -0.1) is 0 Å². The molecule has 0 saturated heterocycles. The van der Waals surface area contributed by atoms with Gasteiger partial charge in [-0.2, -0.15) is 0 Å². The number of hydrogen-bond acceptors (Lipinski definition) is 2. The topological polar surface area (TPSA) is 26.0 Å². The third-order valence-corrected chi connectivity index (χ3v) is 8.25. The van der Waals surface area contributed by atoms with Crippen LogP contribution in [0, 0.1) is 0 Å². The Labute approximate surface area is 241 Å². The van der Waals surface area contributed by atoms with Crippen molar-refractivity contribution in [2.75, 3.05) is 0 Å². The summed E-state index contributed by atoms with van der Waals surface area (Å²) in [4.78, 5) is 4.91. The van der Waals surface area contributed by atoms with Crippen molar-refractivity contribution in [2.24, 2.45) is 0 Å². The summed E-state index contributed by atoms with van der Waals surface area (Å²) in [6.45, 7) is 9.09. The van der Waals surface area contributed by atoms with Crippen molar-refractivity contribution in [3.05, 3.63) is 126 Å². The van der Waals surface area contributed by atoms with Crippen LogP contribution >= 0.6 is 0 Å². The molecule has 0 aliphatic rings. The molecule has 1 aromatic heterocycles. The molecule has 0 spiro atoms. The van der Waals surface area contributed by atoms with Crippen LogP contribution in [-0.2, 0) is 0 Å². The first-order chi connectivity index (χ1) is 20.0. The van der Waals surface area contributed by atoms with Crippen molar-refractivity contribution in [3.8, 4) is 33.7 Å². The lowest BCUT2D eigenvalue weighted by molar-refractivity contribution is 0.617. The van der Waals surface area contributed by atoms with Gasteiger partial charge in [-0.25, -0.2) is 4.98 Å². The number of para-hydroxylation sites is 2. The smallest absolute Gasteiger partial charge is 0.227 e. The predicted octanol–water partition coefficient (Wildman–Crippen LogP) is 11.4. The van der Waals surface area contributed by atoms with Crippen molar-refractivity contribution in [3.63, 3.8) is 0 Å². The first-order valence-corrected chi connectivity index (χ1v) is 14.5. The molecule has 2 heteroatoms. The summed E-state index contributed by atoms with van der Waals surface area (Å²) in [5, 5.41) is 5.10. The lowest BCUT2D eigenvalue weighted by Crippen LogP contribution is -2.01. The minimum atomic E-state index is 0.293. The minimum absolute atomic E-state index is 0.293. The summed E-state index contributed by atoms with van der Waals surface area (Å²) >= 11 is 0. The number of fused-ring (bicyclic) bond motifs is 3. The Bertz CT molecular complexity index is 1960. The lowest BCUT2D eigenvalue weighted by atomic mass is 9.80.